The molecule has 0 atom stereocenters. The number of rotatable bonds is 5. The largest absolute Gasteiger partial charge is 0.397 e. The smallest absolute Gasteiger partial charge is 0.223 e. The van der Waals surface area contributed by atoms with Crippen molar-refractivity contribution in [2.75, 3.05) is 11.1 Å². The Bertz CT molecular complexity index is 1110. The predicted octanol–water partition coefficient (Wildman–Crippen LogP) is 3.40. The highest BCUT2D eigenvalue weighted by molar-refractivity contribution is 5.62. The van der Waals surface area contributed by atoms with Crippen LogP contribution in [0.5, 0.6) is 0 Å². The number of nitrogens with zero attached hydrogens (tertiary/aromatic N) is 5. The second-order valence-corrected chi connectivity index (χ2v) is 6.31. The molecule has 140 valence electrons. The first-order valence-corrected chi connectivity index (χ1v) is 8.78. The quantitative estimate of drug-likeness (QED) is 0.547. The minimum absolute atomic E-state index is 0.451. The summed E-state index contributed by atoms with van der Waals surface area (Å²) in [5, 5.41) is 7.33. The van der Waals surface area contributed by atoms with E-state index in [-0.39, 0.29) is 0 Å². The van der Waals surface area contributed by atoms with Gasteiger partial charge in [0.15, 0.2) is 5.76 Å². The second kappa shape index (κ2) is 7.43. The summed E-state index contributed by atoms with van der Waals surface area (Å²) in [6.45, 7) is 4.20. The Kier molecular flexibility index (Phi) is 4.67. The van der Waals surface area contributed by atoms with Crippen molar-refractivity contribution in [2.45, 2.75) is 20.4 Å². The topological polar surface area (TPSA) is 116 Å². The molecule has 4 rings (SSSR count). The van der Waals surface area contributed by atoms with Crippen LogP contribution in [0.15, 0.2) is 53.4 Å². The van der Waals surface area contributed by atoms with Gasteiger partial charge in [0, 0.05) is 36.3 Å². The van der Waals surface area contributed by atoms with Crippen LogP contribution in [0.25, 0.3) is 22.7 Å². The van der Waals surface area contributed by atoms with Crippen LogP contribution in [0, 0.1) is 13.8 Å². The average molecular weight is 373 g/mol. The van der Waals surface area contributed by atoms with E-state index in [2.05, 4.69) is 30.4 Å². The normalized spacial score (nSPS) is 10.8. The molecule has 0 aromatic carbocycles. The highest BCUT2D eigenvalue weighted by atomic mass is 16.5. The van der Waals surface area contributed by atoms with Gasteiger partial charge >= 0.3 is 0 Å². The number of hydrogen-bond donors (Lipinski definition) is 2. The number of hydrogen-bond acceptors (Lipinski definition) is 8. The van der Waals surface area contributed by atoms with Crippen molar-refractivity contribution < 1.29 is 4.52 Å². The summed E-state index contributed by atoms with van der Waals surface area (Å²) in [5.41, 5.74) is 11.3. The summed E-state index contributed by atoms with van der Waals surface area (Å²) >= 11 is 0. The Morgan fingerprint density at radius 3 is 2.68 bits per heavy atom. The van der Waals surface area contributed by atoms with Gasteiger partial charge in [-0.15, -0.1) is 0 Å². The molecule has 0 radical (unpaired) electrons. The molecule has 8 heteroatoms. The Morgan fingerprint density at radius 1 is 1.00 bits per heavy atom. The van der Waals surface area contributed by atoms with Crippen LogP contribution in [-0.2, 0) is 6.54 Å². The fourth-order valence-electron chi connectivity index (χ4n) is 2.78. The van der Waals surface area contributed by atoms with E-state index in [1.807, 2.05) is 44.2 Å². The maximum atomic E-state index is 5.86. The van der Waals surface area contributed by atoms with Crippen LogP contribution in [0.2, 0.25) is 0 Å². The number of aryl methyl sites for hydroxylation is 2. The summed E-state index contributed by atoms with van der Waals surface area (Å²) in [5.74, 6) is 1.12. The van der Waals surface area contributed by atoms with Crippen molar-refractivity contribution in [1.82, 2.24) is 25.1 Å². The minimum atomic E-state index is 0.451. The fourth-order valence-corrected chi connectivity index (χ4v) is 2.78. The van der Waals surface area contributed by atoms with Gasteiger partial charge in [-0.25, -0.2) is 15.0 Å². The lowest BCUT2D eigenvalue weighted by Crippen LogP contribution is -2.06. The van der Waals surface area contributed by atoms with E-state index >= 15 is 0 Å². The lowest BCUT2D eigenvalue weighted by Gasteiger charge is -2.08. The standard InChI is InChI=1S/C20H19N7O/c1-12-15(19(28-27-12)18-6-5-16(21)13(2)25-18)11-24-20-23-9-7-17(26-20)14-4-3-8-22-10-14/h3-10H,11,21H2,1-2H3,(H,23,24,26). The van der Waals surface area contributed by atoms with Crippen molar-refractivity contribution in [3.05, 3.63) is 65.9 Å². The number of aromatic nitrogens is 5. The first-order chi connectivity index (χ1) is 13.6. The molecular formula is C20H19N7O. The van der Waals surface area contributed by atoms with Crippen LogP contribution in [-0.4, -0.2) is 25.1 Å². The molecule has 4 aromatic rings. The first kappa shape index (κ1) is 17.6. The fraction of sp³-hybridized carbons (Fsp3) is 0.150. The van der Waals surface area contributed by atoms with Crippen LogP contribution < -0.4 is 11.1 Å². The number of nitrogen functional groups attached to an aromatic ring is 1. The number of nitrogens with two attached hydrogens (primary N) is 1. The summed E-state index contributed by atoms with van der Waals surface area (Å²) in [6, 6.07) is 9.31. The van der Waals surface area contributed by atoms with Gasteiger partial charge in [-0.1, -0.05) is 5.16 Å². The van der Waals surface area contributed by atoms with Crippen molar-refractivity contribution in [3.63, 3.8) is 0 Å². The maximum absolute atomic E-state index is 5.86. The molecule has 0 fully saturated rings. The third-order valence-electron chi connectivity index (χ3n) is 4.38. The molecule has 4 aromatic heterocycles. The summed E-state index contributed by atoms with van der Waals surface area (Å²) < 4.78 is 5.52. The zero-order valence-corrected chi connectivity index (χ0v) is 15.5. The van der Waals surface area contributed by atoms with Gasteiger partial charge in [0.1, 0.15) is 5.69 Å². The summed E-state index contributed by atoms with van der Waals surface area (Å²) in [6.07, 6.45) is 5.21. The van der Waals surface area contributed by atoms with Crippen molar-refractivity contribution >= 4 is 11.6 Å². The third-order valence-corrected chi connectivity index (χ3v) is 4.38. The number of pyridine rings is 2. The van der Waals surface area contributed by atoms with Crippen LogP contribution in [0.1, 0.15) is 17.0 Å². The van der Waals surface area contributed by atoms with E-state index in [0.29, 0.717) is 29.6 Å². The summed E-state index contributed by atoms with van der Waals surface area (Å²) in [4.78, 5) is 17.5. The molecule has 4 heterocycles. The predicted molar refractivity (Wildman–Crippen MR) is 106 cm³/mol. The van der Waals surface area contributed by atoms with E-state index in [9.17, 15) is 0 Å². The molecule has 0 aliphatic rings. The van der Waals surface area contributed by atoms with Gasteiger partial charge in [-0.2, -0.15) is 0 Å². The van der Waals surface area contributed by atoms with Gasteiger partial charge in [0.25, 0.3) is 0 Å². The van der Waals surface area contributed by atoms with Crippen LogP contribution in [0.3, 0.4) is 0 Å². The molecule has 3 N–H and O–H groups in total. The average Bonchev–Trinajstić information content (AvgIpc) is 3.10. The van der Waals surface area contributed by atoms with Gasteiger partial charge in [0.2, 0.25) is 5.95 Å². The van der Waals surface area contributed by atoms with Crippen molar-refractivity contribution in [2.24, 2.45) is 0 Å². The first-order valence-electron chi connectivity index (χ1n) is 8.78. The molecule has 0 unspecified atom stereocenters. The molecule has 0 bridgehead atoms. The molecular weight excluding hydrogens is 354 g/mol. The second-order valence-electron chi connectivity index (χ2n) is 6.31. The summed E-state index contributed by atoms with van der Waals surface area (Å²) in [7, 11) is 0. The Hall–Kier alpha value is -3.81. The van der Waals surface area contributed by atoms with Gasteiger partial charge in [-0.3, -0.25) is 4.98 Å². The molecule has 28 heavy (non-hydrogen) atoms. The van der Waals surface area contributed by atoms with Gasteiger partial charge < -0.3 is 15.6 Å². The van der Waals surface area contributed by atoms with E-state index in [0.717, 1.165) is 28.2 Å². The molecule has 0 spiro atoms. The highest BCUT2D eigenvalue weighted by Crippen LogP contribution is 2.27. The maximum Gasteiger partial charge on any atom is 0.223 e. The molecule has 0 amide bonds. The molecule has 0 saturated carbocycles. The van der Waals surface area contributed by atoms with Crippen molar-refractivity contribution in [1.29, 1.82) is 0 Å². The lowest BCUT2D eigenvalue weighted by atomic mass is 10.1. The number of anilines is 2. The molecule has 8 nitrogen and oxygen atoms in total. The van der Waals surface area contributed by atoms with E-state index in [1.54, 1.807) is 18.6 Å². The Labute approximate surface area is 161 Å². The zero-order chi connectivity index (χ0) is 19.5. The highest BCUT2D eigenvalue weighted by Gasteiger charge is 2.17. The zero-order valence-electron chi connectivity index (χ0n) is 15.5. The SMILES string of the molecule is Cc1nc(-c2onc(C)c2CNc2nccc(-c3cccnc3)n2)ccc1N. The van der Waals surface area contributed by atoms with E-state index in [4.69, 9.17) is 10.3 Å². The minimum Gasteiger partial charge on any atom is -0.397 e. The van der Waals surface area contributed by atoms with Crippen molar-refractivity contribution in [3.8, 4) is 22.7 Å². The van der Waals surface area contributed by atoms with E-state index in [1.165, 1.54) is 0 Å². The molecule has 0 aliphatic heterocycles. The van der Waals surface area contributed by atoms with Gasteiger partial charge in [-0.05, 0) is 44.2 Å². The molecule has 0 saturated heterocycles. The molecule has 0 aliphatic carbocycles. The Morgan fingerprint density at radius 2 is 1.89 bits per heavy atom. The van der Waals surface area contributed by atoms with E-state index < -0.39 is 0 Å². The van der Waals surface area contributed by atoms with Crippen LogP contribution in [0.4, 0.5) is 11.6 Å². The van der Waals surface area contributed by atoms with Crippen LogP contribution >= 0.6 is 0 Å². The lowest BCUT2D eigenvalue weighted by molar-refractivity contribution is 0.425. The van der Waals surface area contributed by atoms with Gasteiger partial charge in [0.05, 0.1) is 22.8 Å². The number of nitrogens with one attached hydrogen (secondary N) is 1. The Balaban J connectivity index is 1.58. The third kappa shape index (κ3) is 3.52. The monoisotopic (exact) mass is 373 g/mol.